The van der Waals surface area contributed by atoms with Crippen LogP contribution in [0.2, 0.25) is 0 Å². The van der Waals surface area contributed by atoms with Gasteiger partial charge in [-0.3, -0.25) is 9.69 Å². The molecule has 3 heteroatoms. The summed E-state index contributed by atoms with van der Waals surface area (Å²) in [6.45, 7) is 8.50. The molecule has 2 aromatic carbocycles. The van der Waals surface area contributed by atoms with E-state index >= 15 is 0 Å². The lowest BCUT2D eigenvalue weighted by atomic mass is 9.99. The Labute approximate surface area is 156 Å². The van der Waals surface area contributed by atoms with Gasteiger partial charge in [-0.05, 0) is 50.1 Å². The highest BCUT2D eigenvalue weighted by Crippen LogP contribution is 2.22. The van der Waals surface area contributed by atoms with Crippen LogP contribution in [-0.4, -0.2) is 29.4 Å². The molecular formula is C23H27NO2. The van der Waals surface area contributed by atoms with E-state index in [1.165, 1.54) is 5.56 Å². The summed E-state index contributed by atoms with van der Waals surface area (Å²) in [4.78, 5) is 14.7. The van der Waals surface area contributed by atoms with Crippen LogP contribution in [0.1, 0.15) is 38.3 Å². The van der Waals surface area contributed by atoms with Crippen LogP contribution < -0.4 is 4.74 Å². The quantitative estimate of drug-likeness (QED) is 0.748. The van der Waals surface area contributed by atoms with E-state index in [1.54, 1.807) is 0 Å². The van der Waals surface area contributed by atoms with E-state index in [-0.39, 0.29) is 11.4 Å². The number of carbonyl (C=O) groups is 1. The van der Waals surface area contributed by atoms with Gasteiger partial charge < -0.3 is 4.74 Å². The maximum absolute atomic E-state index is 12.3. The van der Waals surface area contributed by atoms with E-state index < -0.39 is 0 Å². The number of piperidine rings is 1. The van der Waals surface area contributed by atoms with Crippen LogP contribution >= 0.6 is 0 Å². The highest BCUT2D eigenvalue weighted by atomic mass is 16.5. The van der Waals surface area contributed by atoms with E-state index in [4.69, 9.17) is 4.74 Å². The molecule has 0 aliphatic carbocycles. The van der Waals surface area contributed by atoms with Gasteiger partial charge in [0.15, 0.2) is 5.78 Å². The van der Waals surface area contributed by atoms with Gasteiger partial charge >= 0.3 is 0 Å². The summed E-state index contributed by atoms with van der Waals surface area (Å²) < 4.78 is 5.86. The zero-order valence-corrected chi connectivity index (χ0v) is 15.9. The molecule has 1 heterocycles. The molecule has 0 radical (unpaired) electrons. The Kier molecular flexibility index (Phi) is 5.58. The summed E-state index contributed by atoms with van der Waals surface area (Å²) in [5, 5.41) is 0. The first kappa shape index (κ1) is 18.4. The van der Waals surface area contributed by atoms with Crippen molar-refractivity contribution < 1.29 is 9.53 Å². The highest BCUT2D eigenvalue weighted by Gasteiger charge is 2.21. The van der Waals surface area contributed by atoms with Crippen molar-refractivity contribution in [1.29, 1.82) is 0 Å². The predicted octanol–water partition coefficient (Wildman–Crippen LogP) is 4.72. The smallest absolute Gasteiger partial charge is 0.161 e. The first-order chi connectivity index (χ1) is 12.4. The van der Waals surface area contributed by atoms with Crippen molar-refractivity contribution >= 4 is 11.9 Å². The SMILES string of the molecule is CC(C)(C)Oc1ccc(/C=C2\CN(Cc3ccccc3)CCC2=O)cc1. The molecule has 0 N–H and O–H groups in total. The molecule has 0 amide bonds. The highest BCUT2D eigenvalue weighted by molar-refractivity contribution is 6.00. The van der Waals surface area contributed by atoms with Crippen molar-refractivity contribution in [3.63, 3.8) is 0 Å². The Morgan fingerprint density at radius 1 is 1.04 bits per heavy atom. The third-order valence-corrected chi connectivity index (χ3v) is 4.30. The van der Waals surface area contributed by atoms with Gasteiger partial charge in [0.1, 0.15) is 11.4 Å². The van der Waals surface area contributed by atoms with E-state index in [0.29, 0.717) is 13.0 Å². The number of likely N-dealkylation sites (tertiary alicyclic amines) is 1. The molecule has 26 heavy (non-hydrogen) atoms. The number of benzene rings is 2. The number of carbonyl (C=O) groups excluding carboxylic acids is 1. The summed E-state index contributed by atoms with van der Waals surface area (Å²) in [5.41, 5.74) is 3.00. The maximum atomic E-state index is 12.3. The number of hydrogen-bond acceptors (Lipinski definition) is 3. The van der Waals surface area contributed by atoms with Crippen LogP contribution in [0.25, 0.3) is 6.08 Å². The molecule has 0 saturated carbocycles. The molecule has 3 rings (SSSR count). The van der Waals surface area contributed by atoms with E-state index in [1.807, 2.05) is 57.2 Å². The molecule has 0 aromatic heterocycles. The monoisotopic (exact) mass is 349 g/mol. The van der Waals surface area contributed by atoms with Gasteiger partial charge in [-0.2, -0.15) is 0 Å². The average Bonchev–Trinajstić information content (AvgIpc) is 2.59. The van der Waals surface area contributed by atoms with Crippen molar-refractivity contribution in [3.8, 4) is 5.75 Å². The van der Waals surface area contributed by atoms with Crippen molar-refractivity contribution in [1.82, 2.24) is 4.90 Å². The Morgan fingerprint density at radius 3 is 2.38 bits per heavy atom. The fourth-order valence-corrected chi connectivity index (χ4v) is 3.12. The van der Waals surface area contributed by atoms with Crippen molar-refractivity contribution in [3.05, 3.63) is 71.3 Å². The largest absolute Gasteiger partial charge is 0.488 e. The molecule has 1 saturated heterocycles. The second-order valence-electron chi connectivity index (χ2n) is 7.82. The normalized spacial score (nSPS) is 17.5. The molecule has 1 fully saturated rings. The Morgan fingerprint density at radius 2 is 1.73 bits per heavy atom. The summed E-state index contributed by atoms with van der Waals surface area (Å²) in [6.07, 6.45) is 2.60. The summed E-state index contributed by atoms with van der Waals surface area (Å²) in [7, 11) is 0. The summed E-state index contributed by atoms with van der Waals surface area (Å²) in [5.74, 6) is 1.10. The van der Waals surface area contributed by atoms with Crippen molar-refractivity contribution in [2.24, 2.45) is 0 Å². The van der Waals surface area contributed by atoms with Crippen LogP contribution in [0.3, 0.4) is 0 Å². The second-order valence-corrected chi connectivity index (χ2v) is 7.82. The molecular weight excluding hydrogens is 322 g/mol. The Balaban J connectivity index is 1.69. The number of Topliss-reactive ketones (excluding diaryl/α,β-unsaturated/α-hetero) is 1. The standard InChI is InChI=1S/C23H27NO2/c1-23(2,3)26-21-11-9-18(10-12-21)15-20-17-24(14-13-22(20)25)16-19-7-5-4-6-8-19/h4-12,15H,13-14,16-17H2,1-3H3/b20-15+. The number of nitrogens with zero attached hydrogens (tertiary/aromatic N) is 1. The Bertz CT molecular complexity index is 770. The number of rotatable bonds is 4. The van der Waals surface area contributed by atoms with Gasteiger partial charge in [0.2, 0.25) is 0 Å². The van der Waals surface area contributed by atoms with E-state index in [2.05, 4.69) is 29.2 Å². The molecule has 136 valence electrons. The van der Waals surface area contributed by atoms with Crippen LogP contribution in [0.15, 0.2) is 60.2 Å². The van der Waals surface area contributed by atoms with Crippen molar-refractivity contribution in [2.75, 3.05) is 13.1 Å². The summed E-state index contributed by atoms with van der Waals surface area (Å²) >= 11 is 0. The third-order valence-electron chi connectivity index (χ3n) is 4.30. The molecule has 0 atom stereocenters. The molecule has 0 spiro atoms. The molecule has 0 bridgehead atoms. The molecule has 2 aromatic rings. The third kappa shape index (κ3) is 5.30. The zero-order valence-electron chi connectivity index (χ0n) is 15.9. The number of ketones is 1. The van der Waals surface area contributed by atoms with Gasteiger partial charge in [-0.25, -0.2) is 0 Å². The molecule has 0 unspecified atom stereocenters. The number of ether oxygens (including phenoxy) is 1. The minimum atomic E-state index is -0.211. The first-order valence-corrected chi connectivity index (χ1v) is 9.18. The molecule has 1 aliphatic rings. The lowest BCUT2D eigenvalue weighted by Gasteiger charge is -2.28. The van der Waals surface area contributed by atoms with Gasteiger partial charge in [0.05, 0.1) is 0 Å². The topological polar surface area (TPSA) is 29.5 Å². The van der Waals surface area contributed by atoms with Crippen LogP contribution in [0.4, 0.5) is 0 Å². The fraction of sp³-hybridized carbons (Fsp3) is 0.348. The van der Waals surface area contributed by atoms with E-state index in [9.17, 15) is 4.79 Å². The maximum Gasteiger partial charge on any atom is 0.161 e. The van der Waals surface area contributed by atoms with Gasteiger partial charge in [0.25, 0.3) is 0 Å². The van der Waals surface area contributed by atoms with Gasteiger partial charge in [-0.15, -0.1) is 0 Å². The van der Waals surface area contributed by atoms with Crippen LogP contribution in [0.5, 0.6) is 5.75 Å². The zero-order chi connectivity index (χ0) is 18.6. The number of hydrogen-bond donors (Lipinski definition) is 0. The second kappa shape index (κ2) is 7.88. The lowest BCUT2D eigenvalue weighted by Crippen LogP contribution is -2.35. The lowest BCUT2D eigenvalue weighted by molar-refractivity contribution is -0.117. The summed E-state index contributed by atoms with van der Waals surface area (Å²) in [6, 6.07) is 18.4. The van der Waals surface area contributed by atoms with Crippen LogP contribution in [-0.2, 0) is 11.3 Å². The first-order valence-electron chi connectivity index (χ1n) is 9.18. The minimum Gasteiger partial charge on any atom is -0.488 e. The fourth-order valence-electron chi connectivity index (χ4n) is 3.12. The van der Waals surface area contributed by atoms with Crippen molar-refractivity contribution in [2.45, 2.75) is 39.3 Å². The minimum absolute atomic E-state index is 0.211. The average molecular weight is 349 g/mol. The van der Waals surface area contributed by atoms with Gasteiger partial charge in [-0.1, -0.05) is 42.5 Å². The van der Waals surface area contributed by atoms with Crippen LogP contribution in [0, 0.1) is 0 Å². The molecule has 3 nitrogen and oxygen atoms in total. The predicted molar refractivity (Wildman–Crippen MR) is 106 cm³/mol. The van der Waals surface area contributed by atoms with Gasteiger partial charge in [0, 0.05) is 31.6 Å². The Hall–Kier alpha value is -2.39. The molecule has 1 aliphatic heterocycles. The van der Waals surface area contributed by atoms with E-state index in [0.717, 1.165) is 30.0 Å².